The number of amides is 1. The molecular weight excluding hydrogens is 407 g/mol. The molecule has 0 unspecified atom stereocenters. The van der Waals surface area contributed by atoms with Crippen molar-refractivity contribution in [3.8, 4) is 6.07 Å². The quantitative estimate of drug-likeness (QED) is 0.681. The average molecular weight is 425 g/mol. The van der Waals surface area contributed by atoms with Gasteiger partial charge in [-0.05, 0) is 23.4 Å². The normalized spacial score (nSPS) is 21.1. The van der Waals surface area contributed by atoms with E-state index in [0.717, 1.165) is 10.4 Å². The molecule has 0 radical (unpaired) electrons. The summed E-state index contributed by atoms with van der Waals surface area (Å²) in [6.07, 6.45) is -3.94. The summed E-state index contributed by atoms with van der Waals surface area (Å²) in [6.45, 7) is 0. The first-order valence-corrected chi connectivity index (χ1v) is 9.33. The number of thiophene rings is 1. The first-order valence-electron chi connectivity index (χ1n) is 8.45. The van der Waals surface area contributed by atoms with Gasteiger partial charge in [-0.15, -0.1) is 11.3 Å². The molecule has 1 heterocycles. The van der Waals surface area contributed by atoms with Crippen molar-refractivity contribution in [1.82, 2.24) is 5.32 Å². The number of alkyl halides is 3. The first-order chi connectivity index (χ1) is 13.6. The van der Waals surface area contributed by atoms with Crippen LogP contribution in [0.1, 0.15) is 22.8 Å². The van der Waals surface area contributed by atoms with Crippen LogP contribution in [0.2, 0.25) is 0 Å². The number of nitrogens with two attached hydrogens (primary N) is 1. The van der Waals surface area contributed by atoms with Crippen molar-refractivity contribution in [3.05, 3.63) is 58.3 Å². The summed E-state index contributed by atoms with van der Waals surface area (Å²) in [6, 6.07) is 15.3. The van der Waals surface area contributed by atoms with Crippen molar-refractivity contribution in [2.24, 2.45) is 5.73 Å². The molecule has 0 aliphatic heterocycles. The van der Waals surface area contributed by atoms with Crippen LogP contribution in [0.3, 0.4) is 0 Å². The molecule has 3 atom stereocenters. The highest BCUT2D eigenvalue weighted by Crippen LogP contribution is 2.50. The minimum Gasteiger partial charge on any atom is -0.475 e. The highest BCUT2D eigenvalue weighted by atomic mass is 32.1. The maximum Gasteiger partial charge on any atom is 0.490 e. The monoisotopic (exact) mass is 425 g/mol. The molecule has 0 saturated heterocycles. The number of hydrogen-bond donors (Lipinski definition) is 3. The topological polar surface area (TPSA) is 116 Å². The SMILES string of the molecule is N#C[C@@]1(NC(=O)[C@@H](N)Cc2cccs2)C[C@@H]1c1ccccc1.O=C(O)C(F)(F)F. The van der Waals surface area contributed by atoms with Crippen molar-refractivity contribution in [3.63, 3.8) is 0 Å². The molecule has 1 amide bonds. The lowest BCUT2D eigenvalue weighted by Crippen LogP contribution is -2.47. The van der Waals surface area contributed by atoms with E-state index in [0.29, 0.717) is 12.8 Å². The van der Waals surface area contributed by atoms with Crippen molar-refractivity contribution < 1.29 is 27.9 Å². The second-order valence-corrected chi connectivity index (χ2v) is 7.46. The lowest BCUT2D eigenvalue weighted by molar-refractivity contribution is -0.192. The number of halogens is 3. The van der Waals surface area contributed by atoms with Gasteiger partial charge >= 0.3 is 12.1 Å². The Kier molecular flexibility index (Phi) is 7.00. The summed E-state index contributed by atoms with van der Waals surface area (Å²) >= 11 is 1.58. The molecule has 3 rings (SSSR count). The summed E-state index contributed by atoms with van der Waals surface area (Å²) in [4.78, 5) is 22.2. The molecule has 154 valence electrons. The second kappa shape index (κ2) is 9.07. The third kappa shape index (κ3) is 6.04. The van der Waals surface area contributed by atoms with Gasteiger partial charge in [-0.3, -0.25) is 4.79 Å². The Morgan fingerprint density at radius 3 is 2.41 bits per heavy atom. The molecule has 1 aromatic carbocycles. The van der Waals surface area contributed by atoms with Crippen LogP contribution in [0.4, 0.5) is 13.2 Å². The number of carbonyl (C=O) groups excluding carboxylic acids is 1. The van der Waals surface area contributed by atoms with Gasteiger partial charge in [0.15, 0.2) is 0 Å². The number of nitrogens with zero attached hydrogens (tertiary/aromatic N) is 1. The van der Waals surface area contributed by atoms with Gasteiger partial charge < -0.3 is 16.2 Å². The van der Waals surface area contributed by atoms with Crippen molar-refractivity contribution in [1.29, 1.82) is 5.26 Å². The number of benzene rings is 1. The summed E-state index contributed by atoms with van der Waals surface area (Å²) in [7, 11) is 0. The first kappa shape index (κ1) is 22.4. The van der Waals surface area contributed by atoms with E-state index in [1.807, 2.05) is 47.8 Å². The number of rotatable bonds is 5. The van der Waals surface area contributed by atoms with Gasteiger partial charge in [0, 0.05) is 17.2 Å². The van der Waals surface area contributed by atoms with Crippen LogP contribution < -0.4 is 11.1 Å². The van der Waals surface area contributed by atoms with Crippen LogP contribution in [-0.4, -0.2) is 34.7 Å². The zero-order valence-corrected chi connectivity index (χ0v) is 15.8. The highest BCUT2D eigenvalue weighted by molar-refractivity contribution is 7.09. The molecule has 4 N–H and O–H groups in total. The van der Waals surface area contributed by atoms with Crippen molar-refractivity contribution in [2.75, 3.05) is 0 Å². The average Bonchev–Trinajstić information content (AvgIpc) is 3.15. The maximum atomic E-state index is 12.3. The van der Waals surface area contributed by atoms with Gasteiger partial charge in [0.2, 0.25) is 5.91 Å². The van der Waals surface area contributed by atoms with Gasteiger partial charge in [0.05, 0.1) is 12.1 Å². The van der Waals surface area contributed by atoms with Crippen LogP contribution in [0.25, 0.3) is 0 Å². The minimum absolute atomic E-state index is 0.0524. The number of carboxylic acids is 1. The third-order valence-electron chi connectivity index (χ3n) is 4.29. The Balaban J connectivity index is 0.000000370. The largest absolute Gasteiger partial charge is 0.490 e. The molecule has 1 saturated carbocycles. The predicted octanol–water partition coefficient (Wildman–Crippen LogP) is 2.82. The molecule has 1 fully saturated rings. The van der Waals surface area contributed by atoms with Crippen LogP contribution >= 0.6 is 11.3 Å². The molecule has 1 aliphatic rings. The summed E-state index contributed by atoms with van der Waals surface area (Å²) in [5.41, 5.74) is 6.25. The van der Waals surface area contributed by atoms with Gasteiger partial charge in [-0.2, -0.15) is 18.4 Å². The Morgan fingerprint density at radius 1 is 1.31 bits per heavy atom. The Hall–Kier alpha value is -2.90. The van der Waals surface area contributed by atoms with Crippen LogP contribution in [0.5, 0.6) is 0 Å². The fourth-order valence-electron chi connectivity index (χ4n) is 2.69. The number of nitriles is 1. The maximum absolute atomic E-state index is 12.3. The van der Waals surface area contributed by atoms with Gasteiger partial charge in [0.25, 0.3) is 0 Å². The number of carboxylic acid groups (broad SMARTS) is 1. The van der Waals surface area contributed by atoms with Crippen molar-refractivity contribution in [2.45, 2.75) is 36.5 Å². The molecule has 29 heavy (non-hydrogen) atoms. The van der Waals surface area contributed by atoms with Crippen LogP contribution in [0, 0.1) is 11.3 Å². The molecule has 2 aromatic rings. The van der Waals surface area contributed by atoms with E-state index in [1.165, 1.54) is 0 Å². The number of hydrogen-bond acceptors (Lipinski definition) is 5. The fourth-order valence-corrected chi connectivity index (χ4v) is 3.46. The lowest BCUT2D eigenvalue weighted by atomic mass is 10.1. The predicted molar refractivity (Wildman–Crippen MR) is 100.0 cm³/mol. The smallest absolute Gasteiger partial charge is 0.475 e. The van der Waals surface area contributed by atoms with Gasteiger partial charge in [-0.1, -0.05) is 36.4 Å². The van der Waals surface area contributed by atoms with Crippen LogP contribution in [0.15, 0.2) is 47.8 Å². The summed E-state index contributed by atoms with van der Waals surface area (Å²) in [5, 5.41) is 21.4. The van der Waals surface area contributed by atoms with E-state index < -0.39 is 23.7 Å². The summed E-state index contributed by atoms with van der Waals surface area (Å²) in [5.74, 6) is -2.96. The molecule has 10 heteroatoms. The lowest BCUT2D eigenvalue weighted by Gasteiger charge is -2.16. The molecule has 1 aromatic heterocycles. The highest BCUT2D eigenvalue weighted by Gasteiger charge is 2.57. The van der Waals surface area contributed by atoms with Crippen molar-refractivity contribution >= 4 is 23.2 Å². The van der Waals surface area contributed by atoms with Gasteiger partial charge in [-0.25, -0.2) is 4.79 Å². The molecule has 1 aliphatic carbocycles. The summed E-state index contributed by atoms with van der Waals surface area (Å²) < 4.78 is 31.7. The van der Waals surface area contributed by atoms with Gasteiger partial charge in [0.1, 0.15) is 5.54 Å². The standard InChI is InChI=1S/C17H17N3OS.C2HF3O2/c18-11-17(10-14(17)12-5-2-1-3-6-12)20-16(21)15(19)9-13-7-4-8-22-13;3-2(4,5)1(6)7/h1-8,14-15H,9-10,19H2,(H,20,21);(H,6,7)/t14-,15+,17+;/m1./s1. The molecule has 0 bridgehead atoms. The zero-order chi connectivity index (χ0) is 21.7. The number of aliphatic carboxylic acids is 1. The fraction of sp³-hybridized carbons (Fsp3) is 0.316. The second-order valence-electron chi connectivity index (χ2n) is 6.43. The Bertz CT molecular complexity index is 882. The van der Waals surface area contributed by atoms with E-state index in [4.69, 9.17) is 15.6 Å². The van der Waals surface area contributed by atoms with E-state index in [9.17, 15) is 23.2 Å². The third-order valence-corrected chi connectivity index (χ3v) is 5.19. The zero-order valence-electron chi connectivity index (χ0n) is 15.0. The van der Waals surface area contributed by atoms with E-state index >= 15 is 0 Å². The van der Waals surface area contributed by atoms with E-state index in [-0.39, 0.29) is 11.8 Å². The molecule has 0 spiro atoms. The molecular formula is C19H18F3N3O3S. The van der Waals surface area contributed by atoms with E-state index in [1.54, 1.807) is 11.3 Å². The number of carbonyl (C=O) groups is 2. The number of nitrogens with one attached hydrogen (secondary N) is 1. The van der Waals surface area contributed by atoms with E-state index in [2.05, 4.69) is 11.4 Å². The Labute approximate surface area is 168 Å². The Morgan fingerprint density at radius 2 is 1.93 bits per heavy atom. The minimum atomic E-state index is -5.08. The van der Waals surface area contributed by atoms with Crippen LogP contribution in [-0.2, 0) is 16.0 Å². The molecule has 6 nitrogen and oxygen atoms in total.